The number of thioether (sulfide) groups is 1. The van der Waals surface area contributed by atoms with Crippen molar-refractivity contribution in [3.63, 3.8) is 0 Å². The fraction of sp³-hybridized carbons (Fsp3) is 0.333. The van der Waals surface area contributed by atoms with Gasteiger partial charge in [-0.15, -0.1) is 10.2 Å². The lowest BCUT2D eigenvalue weighted by Crippen LogP contribution is -2.25. The highest BCUT2D eigenvalue weighted by Crippen LogP contribution is 2.29. The average Bonchev–Trinajstić information content (AvgIpc) is 3.25. The number of ether oxygens (including phenoxy) is 1. The smallest absolute Gasteiger partial charge is 0.270 e. The summed E-state index contributed by atoms with van der Waals surface area (Å²) < 4.78 is 5.23. The van der Waals surface area contributed by atoms with E-state index in [1.54, 1.807) is 24.3 Å². The van der Waals surface area contributed by atoms with Gasteiger partial charge in [-0.25, -0.2) is 4.98 Å². The largest absolute Gasteiger partial charge is 0.497 e. The maximum Gasteiger partial charge on any atom is 0.270 e. The molecule has 1 amide bonds. The highest BCUT2D eigenvalue weighted by Gasteiger charge is 2.23. The summed E-state index contributed by atoms with van der Waals surface area (Å²) in [6.45, 7) is 5.87. The fourth-order valence-electron chi connectivity index (χ4n) is 2.75. The maximum atomic E-state index is 12.8. The molecule has 0 unspecified atom stereocenters. The van der Waals surface area contributed by atoms with E-state index in [1.165, 1.54) is 18.4 Å². The van der Waals surface area contributed by atoms with Crippen molar-refractivity contribution in [2.24, 2.45) is 0 Å². The number of nitrogens with one attached hydrogen (secondary N) is 2. The number of amides is 1. The van der Waals surface area contributed by atoms with Gasteiger partial charge in [-0.1, -0.05) is 56.0 Å². The molecule has 0 aliphatic rings. The molecule has 9 nitrogen and oxygen atoms in total. The molecule has 3 rings (SSSR count). The predicted molar refractivity (Wildman–Crippen MR) is 124 cm³/mol. The Morgan fingerprint density at radius 2 is 2.16 bits per heavy atom. The Morgan fingerprint density at radius 1 is 1.38 bits per heavy atom. The van der Waals surface area contributed by atoms with Crippen LogP contribution in [0.15, 0.2) is 34.2 Å². The summed E-state index contributed by atoms with van der Waals surface area (Å²) in [5.41, 5.74) is 0.138. The molecule has 0 aliphatic heterocycles. The zero-order valence-corrected chi connectivity index (χ0v) is 19.6. The third-order valence-corrected chi connectivity index (χ3v) is 6.82. The highest BCUT2D eigenvalue weighted by molar-refractivity contribution is 8.00. The third-order valence-electron chi connectivity index (χ3n) is 4.43. The average molecular weight is 471 g/mol. The number of hydrogen-bond acceptors (Lipinski definition) is 9. The molecule has 32 heavy (non-hydrogen) atoms. The number of rotatable bonds is 8. The Hall–Kier alpha value is -3.23. The lowest BCUT2D eigenvalue weighted by molar-refractivity contribution is -0.115. The van der Waals surface area contributed by atoms with Gasteiger partial charge >= 0.3 is 0 Å². The zero-order chi connectivity index (χ0) is 23.3. The molecule has 166 valence electrons. The first kappa shape index (κ1) is 23.4. The zero-order valence-electron chi connectivity index (χ0n) is 18.0. The van der Waals surface area contributed by atoms with Gasteiger partial charge in [0.15, 0.2) is 5.16 Å². The summed E-state index contributed by atoms with van der Waals surface area (Å²) >= 11 is 2.45. The van der Waals surface area contributed by atoms with Gasteiger partial charge in [0.2, 0.25) is 11.0 Å². The highest BCUT2D eigenvalue weighted by atomic mass is 32.2. The molecule has 3 aromatic rings. The topological polar surface area (TPSA) is 134 Å². The van der Waals surface area contributed by atoms with E-state index in [0.29, 0.717) is 22.9 Å². The molecule has 0 bridgehead atoms. The van der Waals surface area contributed by atoms with Crippen LogP contribution in [0.1, 0.15) is 43.7 Å². The second-order valence-corrected chi connectivity index (χ2v) is 9.24. The Balaban J connectivity index is 1.87. The van der Waals surface area contributed by atoms with Crippen molar-refractivity contribution in [3.05, 3.63) is 45.2 Å². The lowest BCUT2D eigenvalue weighted by atomic mass is 10.1. The number of nitriles is 1. The maximum absolute atomic E-state index is 12.8. The molecule has 0 saturated carbocycles. The summed E-state index contributed by atoms with van der Waals surface area (Å²) in [6.07, 6.45) is 0.491. The minimum absolute atomic E-state index is 0.102. The SMILES string of the molecule is CC[C@H](Sc1nc(-c2cccc(OC)c2)c(C#N)c(=O)[nH]1)C(=O)Nc1nnc(C(C)C)s1. The quantitative estimate of drug-likeness (QED) is 0.375. The number of methoxy groups -OCH3 is 1. The Kier molecular flexibility index (Phi) is 7.61. The first-order chi connectivity index (χ1) is 15.4. The molecule has 0 aliphatic carbocycles. The van der Waals surface area contributed by atoms with Crippen molar-refractivity contribution >= 4 is 34.1 Å². The minimum atomic E-state index is -0.566. The molecule has 11 heteroatoms. The Bertz CT molecular complexity index is 1210. The molecule has 0 spiro atoms. The van der Waals surface area contributed by atoms with Crippen LogP contribution in [0.2, 0.25) is 0 Å². The van der Waals surface area contributed by atoms with Crippen molar-refractivity contribution in [3.8, 4) is 23.1 Å². The van der Waals surface area contributed by atoms with Gasteiger partial charge in [0, 0.05) is 11.5 Å². The van der Waals surface area contributed by atoms with Gasteiger partial charge in [0.1, 0.15) is 22.4 Å². The Morgan fingerprint density at radius 3 is 2.78 bits per heavy atom. The third kappa shape index (κ3) is 5.33. The van der Waals surface area contributed by atoms with Crippen LogP contribution < -0.4 is 15.6 Å². The fourth-order valence-corrected chi connectivity index (χ4v) is 4.40. The molecule has 1 aromatic carbocycles. The van der Waals surface area contributed by atoms with Crippen LogP contribution in [-0.2, 0) is 4.79 Å². The number of benzene rings is 1. The Labute approximate surface area is 193 Å². The summed E-state index contributed by atoms with van der Waals surface area (Å²) in [7, 11) is 1.53. The van der Waals surface area contributed by atoms with Crippen molar-refractivity contribution in [1.82, 2.24) is 20.2 Å². The molecule has 0 saturated heterocycles. The van der Waals surface area contributed by atoms with E-state index in [2.05, 4.69) is 25.5 Å². The van der Waals surface area contributed by atoms with Crippen LogP contribution in [0.5, 0.6) is 5.75 Å². The van der Waals surface area contributed by atoms with Gasteiger partial charge in [-0.3, -0.25) is 14.9 Å². The van der Waals surface area contributed by atoms with Gasteiger partial charge in [0.05, 0.1) is 18.1 Å². The van der Waals surface area contributed by atoms with Crippen molar-refractivity contribution < 1.29 is 9.53 Å². The molecule has 0 fully saturated rings. The van der Waals surface area contributed by atoms with Crippen molar-refractivity contribution in [2.75, 3.05) is 12.4 Å². The molecule has 1 atom stereocenters. The summed E-state index contributed by atoms with van der Waals surface area (Å²) in [6, 6.07) is 8.86. The van der Waals surface area contributed by atoms with Crippen molar-refractivity contribution in [2.45, 2.75) is 43.5 Å². The second kappa shape index (κ2) is 10.4. The normalized spacial score (nSPS) is 11.8. The monoisotopic (exact) mass is 470 g/mol. The molecule has 2 aromatic heterocycles. The van der Waals surface area contributed by atoms with Crippen LogP contribution in [0, 0.1) is 11.3 Å². The van der Waals surface area contributed by atoms with E-state index in [-0.39, 0.29) is 28.2 Å². The minimum Gasteiger partial charge on any atom is -0.497 e. The van der Waals surface area contributed by atoms with Crippen molar-refractivity contribution in [1.29, 1.82) is 5.26 Å². The predicted octanol–water partition coefficient (Wildman–Crippen LogP) is 3.80. The number of nitrogens with zero attached hydrogens (tertiary/aromatic N) is 4. The second-order valence-electron chi connectivity index (χ2n) is 7.04. The van der Waals surface area contributed by atoms with E-state index >= 15 is 0 Å². The molecule has 2 N–H and O–H groups in total. The van der Waals surface area contributed by atoms with Gasteiger partial charge < -0.3 is 9.72 Å². The van der Waals surface area contributed by atoms with Crippen LogP contribution in [0.4, 0.5) is 5.13 Å². The number of aromatic amines is 1. The van der Waals surface area contributed by atoms with E-state index in [9.17, 15) is 14.9 Å². The summed E-state index contributed by atoms with van der Waals surface area (Å²) in [5.74, 6) is 0.530. The van der Waals surface area contributed by atoms with E-state index in [1.807, 2.05) is 26.8 Å². The molecule has 2 heterocycles. The standard InChI is InChI=1S/C21H22N6O3S2/c1-5-15(18(29)25-21-27-26-19(32-21)11(2)3)31-20-23-16(14(10-22)17(28)24-20)12-7-6-8-13(9-12)30-4/h6-9,11,15H,5H2,1-4H3,(H,23,24,28)(H,25,27,29)/t15-/m0/s1. The molecule has 0 radical (unpaired) electrons. The molecular weight excluding hydrogens is 448 g/mol. The van der Waals surface area contributed by atoms with E-state index in [4.69, 9.17) is 4.74 Å². The van der Waals surface area contributed by atoms with Gasteiger partial charge in [0.25, 0.3) is 5.56 Å². The van der Waals surface area contributed by atoms with Gasteiger partial charge in [-0.05, 0) is 18.6 Å². The van der Waals surface area contributed by atoms with Crippen LogP contribution in [-0.4, -0.2) is 38.4 Å². The van der Waals surface area contributed by atoms with Gasteiger partial charge in [-0.2, -0.15) is 5.26 Å². The van der Waals surface area contributed by atoms with E-state index in [0.717, 1.165) is 16.8 Å². The summed E-state index contributed by atoms with van der Waals surface area (Å²) in [4.78, 5) is 32.4. The first-order valence-corrected chi connectivity index (χ1v) is 11.6. The van der Waals surface area contributed by atoms with Crippen LogP contribution in [0.3, 0.4) is 0 Å². The number of anilines is 1. The van der Waals surface area contributed by atoms with Crippen LogP contribution in [0.25, 0.3) is 11.3 Å². The lowest BCUT2D eigenvalue weighted by Gasteiger charge is -2.13. The number of carbonyl (C=O) groups excluding carboxylic acids is 1. The van der Waals surface area contributed by atoms with E-state index < -0.39 is 10.8 Å². The summed E-state index contributed by atoms with van der Waals surface area (Å²) in [5, 5.41) is 21.3. The van der Waals surface area contributed by atoms with Crippen LogP contribution >= 0.6 is 23.1 Å². The number of aromatic nitrogens is 4. The molecular formula is C21H22N6O3S2. The number of carbonyl (C=O) groups is 1. The number of H-pyrrole nitrogens is 1. The first-order valence-electron chi connectivity index (χ1n) is 9.86. The number of hydrogen-bond donors (Lipinski definition) is 2.